The maximum absolute atomic E-state index is 13.1. The number of carbonyl (C=O) groups excluding carboxylic acids is 1. The average Bonchev–Trinajstić information content (AvgIpc) is 3.17. The van der Waals surface area contributed by atoms with Gasteiger partial charge in [-0.2, -0.15) is 0 Å². The van der Waals surface area contributed by atoms with E-state index in [1.54, 1.807) is 0 Å². The quantitative estimate of drug-likeness (QED) is 0.783. The first-order valence-electron chi connectivity index (χ1n) is 11.1. The number of aliphatic imine (C=N–C) groups is 1. The molecule has 3 aliphatic rings. The number of amides is 1. The summed E-state index contributed by atoms with van der Waals surface area (Å²) in [5.41, 5.74) is 2.60. The summed E-state index contributed by atoms with van der Waals surface area (Å²) >= 11 is 0. The second-order valence-corrected chi connectivity index (χ2v) is 8.81. The van der Waals surface area contributed by atoms with Crippen molar-refractivity contribution in [1.29, 1.82) is 0 Å². The van der Waals surface area contributed by atoms with Crippen molar-refractivity contribution in [2.24, 2.45) is 4.99 Å². The number of likely N-dealkylation sites (N-methyl/N-ethyl adjacent to an activating group) is 1. The summed E-state index contributed by atoms with van der Waals surface area (Å²) < 4.78 is 6.16. The minimum Gasteiger partial charge on any atom is -0.492 e. The number of piperazine rings is 1. The molecule has 0 unspecified atom stereocenters. The molecule has 2 saturated heterocycles. The molecule has 2 fully saturated rings. The Labute approximate surface area is 178 Å². The summed E-state index contributed by atoms with van der Waals surface area (Å²) in [6.07, 6.45) is 4.01. The number of fused-ring (bicyclic) bond motifs is 3. The fourth-order valence-corrected chi connectivity index (χ4v) is 4.74. The Bertz CT molecular complexity index is 994. The van der Waals surface area contributed by atoms with E-state index in [1.807, 2.05) is 23.2 Å². The van der Waals surface area contributed by atoms with Crippen molar-refractivity contribution in [3.8, 4) is 5.75 Å². The van der Waals surface area contributed by atoms with Crippen LogP contribution in [0.1, 0.15) is 28.8 Å². The maximum atomic E-state index is 13.1. The molecule has 1 atom stereocenters. The number of hydrogen-bond donors (Lipinski definition) is 0. The molecule has 3 aliphatic heterocycles. The normalized spacial score (nSPS) is 22.3. The highest BCUT2D eigenvalue weighted by atomic mass is 16.5. The Kier molecular flexibility index (Phi) is 5.21. The highest BCUT2D eigenvalue weighted by Crippen LogP contribution is 2.34. The van der Waals surface area contributed by atoms with Crippen LogP contribution in [0, 0.1) is 6.92 Å². The number of aryl methyl sites for hydroxylation is 1. The van der Waals surface area contributed by atoms with E-state index in [9.17, 15) is 4.79 Å². The Hall–Kier alpha value is -2.44. The highest BCUT2D eigenvalue weighted by Gasteiger charge is 2.31. The second-order valence-electron chi connectivity index (χ2n) is 8.81. The third kappa shape index (κ3) is 3.70. The number of rotatable bonds is 4. The summed E-state index contributed by atoms with van der Waals surface area (Å²) in [7, 11) is 2.17. The lowest BCUT2D eigenvalue weighted by Gasteiger charge is -2.32. The standard InChI is InChI=1S/C24H30N4O2/c1-17-12-18-14-22-21(24(29)28-5-3-4-20(28)16-25-22)13-19(18)15-23(17)30-11-10-27-8-6-26(2)7-9-27/h12-16,20H,3-11H2,1-2H3/t20-/m0/s1. The van der Waals surface area contributed by atoms with Crippen LogP contribution in [0.5, 0.6) is 5.75 Å². The monoisotopic (exact) mass is 406 g/mol. The van der Waals surface area contributed by atoms with E-state index in [1.165, 1.54) is 0 Å². The molecule has 158 valence electrons. The molecule has 0 spiro atoms. The van der Waals surface area contributed by atoms with Crippen molar-refractivity contribution >= 4 is 28.6 Å². The Morgan fingerprint density at radius 2 is 1.87 bits per heavy atom. The van der Waals surface area contributed by atoms with E-state index in [4.69, 9.17) is 4.74 Å². The Morgan fingerprint density at radius 3 is 2.70 bits per heavy atom. The maximum Gasteiger partial charge on any atom is 0.256 e. The van der Waals surface area contributed by atoms with Crippen molar-refractivity contribution in [3.05, 3.63) is 35.4 Å². The largest absolute Gasteiger partial charge is 0.492 e. The van der Waals surface area contributed by atoms with Gasteiger partial charge in [-0.1, -0.05) is 0 Å². The van der Waals surface area contributed by atoms with Gasteiger partial charge in [0.25, 0.3) is 5.91 Å². The first-order chi connectivity index (χ1) is 14.6. The van der Waals surface area contributed by atoms with Gasteiger partial charge in [-0.05, 0) is 67.4 Å². The van der Waals surface area contributed by atoms with Gasteiger partial charge in [-0.15, -0.1) is 0 Å². The van der Waals surface area contributed by atoms with E-state index < -0.39 is 0 Å². The molecule has 2 aromatic carbocycles. The predicted octanol–water partition coefficient (Wildman–Crippen LogP) is 3.09. The molecular weight excluding hydrogens is 376 g/mol. The van der Waals surface area contributed by atoms with Crippen LogP contribution in [0.25, 0.3) is 10.8 Å². The van der Waals surface area contributed by atoms with Crippen molar-refractivity contribution < 1.29 is 9.53 Å². The van der Waals surface area contributed by atoms with Gasteiger partial charge in [0.1, 0.15) is 12.4 Å². The van der Waals surface area contributed by atoms with Gasteiger partial charge in [0.05, 0.1) is 17.3 Å². The summed E-state index contributed by atoms with van der Waals surface area (Å²) in [4.78, 5) is 24.5. The number of carbonyl (C=O) groups is 1. The lowest BCUT2D eigenvalue weighted by molar-refractivity contribution is 0.0775. The molecule has 0 saturated carbocycles. The lowest BCUT2D eigenvalue weighted by atomic mass is 10.0. The summed E-state index contributed by atoms with van der Waals surface area (Å²) in [5, 5.41) is 2.14. The van der Waals surface area contributed by atoms with Crippen LogP contribution in [0.15, 0.2) is 29.3 Å². The zero-order chi connectivity index (χ0) is 20.7. The van der Waals surface area contributed by atoms with Gasteiger partial charge < -0.3 is 14.5 Å². The van der Waals surface area contributed by atoms with Gasteiger partial charge in [-0.3, -0.25) is 14.7 Å². The second kappa shape index (κ2) is 8.00. The number of ether oxygens (including phenoxy) is 1. The molecule has 0 aromatic heterocycles. The predicted molar refractivity (Wildman–Crippen MR) is 120 cm³/mol. The fraction of sp³-hybridized carbons (Fsp3) is 0.500. The van der Waals surface area contributed by atoms with Crippen LogP contribution in [-0.4, -0.2) is 85.8 Å². The average molecular weight is 407 g/mol. The van der Waals surface area contributed by atoms with E-state index in [-0.39, 0.29) is 11.9 Å². The smallest absolute Gasteiger partial charge is 0.256 e. The van der Waals surface area contributed by atoms with E-state index in [0.717, 1.165) is 79.9 Å². The first kappa shape index (κ1) is 19.5. The third-order valence-electron chi connectivity index (χ3n) is 6.69. The summed E-state index contributed by atoms with van der Waals surface area (Å²) in [6, 6.07) is 8.41. The van der Waals surface area contributed by atoms with Crippen molar-refractivity contribution in [1.82, 2.24) is 14.7 Å². The zero-order valence-corrected chi connectivity index (χ0v) is 17.9. The van der Waals surface area contributed by atoms with Crippen molar-refractivity contribution in [2.75, 3.05) is 52.9 Å². The van der Waals surface area contributed by atoms with Crippen molar-refractivity contribution in [3.63, 3.8) is 0 Å². The minimum absolute atomic E-state index is 0.102. The number of hydrogen-bond acceptors (Lipinski definition) is 5. The molecule has 5 rings (SSSR count). The molecule has 6 heteroatoms. The SMILES string of the molecule is Cc1cc2cc3c(cc2cc1OCCN1CCN(C)CC1)C(=O)N1CCC[C@H]1C=N3. The van der Waals surface area contributed by atoms with Crippen LogP contribution < -0.4 is 4.74 Å². The van der Waals surface area contributed by atoms with Gasteiger partial charge in [0.15, 0.2) is 0 Å². The first-order valence-corrected chi connectivity index (χ1v) is 11.1. The van der Waals surface area contributed by atoms with Gasteiger partial charge in [-0.25, -0.2) is 0 Å². The molecule has 2 aromatic rings. The molecular formula is C24H30N4O2. The molecule has 6 nitrogen and oxygen atoms in total. The van der Waals surface area contributed by atoms with Crippen molar-refractivity contribution in [2.45, 2.75) is 25.8 Å². The minimum atomic E-state index is 0.102. The van der Waals surface area contributed by atoms with E-state index in [2.05, 4.69) is 40.9 Å². The fourth-order valence-electron chi connectivity index (χ4n) is 4.74. The zero-order valence-electron chi connectivity index (χ0n) is 17.9. The molecule has 0 bridgehead atoms. The van der Waals surface area contributed by atoms with Crippen LogP contribution in [0.4, 0.5) is 5.69 Å². The Morgan fingerprint density at radius 1 is 1.07 bits per heavy atom. The molecule has 0 radical (unpaired) electrons. The van der Waals surface area contributed by atoms with Gasteiger partial charge in [0.2, 0.25) is 0 Å². The number of benzene rings is 2. The molecule has 30 heavy (non-hydrogen) atoms. The number of nitrogens with zero attached hydrogens (tertiary/aromatic N) is 4. The topological polar surface area (TPSA) is 48.4 Å². The highest BCUT2D eigenvalue weighted by molar-refractivity contribution is 6.06. The molecule has 3 heterocycles. The molecule has 1 amide bonds. The van der Waals surface area contributed by atoms with Crippen LogP contribution in [0.3, 0.4) is 0 Å². The summed E-state index contributed by atoms with van der Waals surface area (Å²) in [5.74, 6) is 1.00. The molecule has 0 aliphatic carbocycles. The van der Waals surface area contributed by atoms with Crippen LogP contribution in [0.2, 0.25) is 0 Å². The molecule has 0 N–H and O–H groups in total. The van der Waals surface area contributed by atoms with E-state index in [0.29, 0.717) is 12.2 Å². The van der Waals surface area contributed by atoms with Crippen LogP contribution in [-0.2, 0) is 0 Å². The van der Waals surface area contributed by atoms with E-state index >= 15 is 0 Å². The lowest BCUT2D eigenvalue weighted by Crippen LogP contribution is -2.45. The van der Waals surface area contributed by atoms with Gasteiger partial charge >= 0.3 is 0 Å². The van der Waals surface area contributed by atoms with Crippen LogP contribution >= 0.6 is 0 Å². The Balaban J connectivity index is 1.36. The summed E-state index contributed by atoms with van der Waals surface area (Å²) in [6.45, 7) is 8.97. The van der Waals surface area contributed by atoms with Gasteiger partial charge in [0, 0.05) is 45.5 Å². The third-order valence-corrected chi connectivity index (χ3v) is 6.69.